The van der Waals surface area contributed by atoms with Gasteiger partial charge in [0.05, 0.1) is 16.9 Å². The molecule has 0 atom stereocenters. The molecule has 0 aliphatic rings. The second-order valence-corrected chi connectivity index (χ2v) is 5.94. The van der Waals surface area contributed by atoms with E-state index in [1.165, 1.54) is 9.58 Å². The predicted molar refractivity (Wildman–Crippen MR) is 86.0 cm³/mol. The van der Waals surface area contributed by atoms with E-state index in [-0.39, 0.29) is 17.5 Å². The molecule has 6 nitrogen and oxygen atoms in total. The molecule has 0 bridgehead atoms. The average Bonchev–Trinajstić information content (AvgIpc) is 3.02. The van der Waals surface area contributed by atoms with Crippen molar-refractivity contribution >= 4 is 17.5 Å². The lowest BCUT2D eigenvalue weighted by atomic mass is 10.2. The molecule has 0 saturated carbocycles. The first-order chi connectivity index (χ1) is 11.3. The molecule has 132 valence electrons. The van der Waals surface area contributed by atoms with Crippen molar-refractivity contribution in [1.29, 1.82) is 0 Å². The molecular weight excluding hydrogens is 340 g/mol. The summed E-state index contributed by atoms with van der Waals surface area (Å²) in [6.45, 7) is 6.49. The van der Waals surface area contributed by atoms with E-state index in [2.05, 4.69) is 10.2 Å². The Morgan fingerprint density at radius 3 is 2.50 bits per heavy atom. The van der Waals surface area contributed by atoms with Gasteiger partial charge in [-0.25, -0.2) is 8.78 Å². The number of nitrogens with zero attached hydrogens (tertiary/aromatic N) is 5. The molecule has 0 aliphatic carbocycles. The van der Waals surface area contributed by atoms with Crippen LogP contribution in [0.4, 0.5) is 8.78 Å². The number of hydrogen-bond donors (Lipinski definition) is 0. The van der Waals surface area contributed by atoms with Crippen LogP contribution in [0.2, 0.25) is 5.02 Å². The summed E-state index contributed by atoms with van der Waals surface area (Å²) >= 11 is 5.84. The van der Waals surface area contributed by atoms with Crippen molar-refractivity contribution in [2.75, 3.05) is 7.05 Å². The van der Waals surface area contributed by atoms with Crippen LogP contribution in [-0.4, -0.2) is 37.4 Å². The molecule has 24 heavy (non-hydrogen) atoms. The quantitative estimate of drug-likeness (QED) is 0.796. The minimum Gasteiger partial charge on any atom is -0.340 e. The van der Waals surface area contributed by atoms with Gasteiger partial charge in [-0.05, 0) is 20.8 Å². The third kappa shape index (κ3) is 3.58. The van der Waals surface area contributed by atoms with Crippen LogP contribution in [0, 0.1) is 13.8 Å². The van der Waals surface area contributed by atoms with Crippen LogP contribution in [0.25, 0.3) is 0 Å². The van der Waals surface area contributed by atoms with Gasteiger partial charge in [-0.2, -0.15) is 10.2 Å². The summed E-state index contributed by atoms with van der Waals surface area (Å²) in [5, 5.41) is 7.89. The van der Waals surface area contributed by atoms with Crippen molar-refractivity contribution in [2.24, 2.45) is 0 Å². The van der Waals surface area contributed by atoms with E-state index >= 15 is 0 Å². The van der Waals surface area contributed by atoms with Crippen LogP contribution in [0.5, 0.6) is 0 Å². The molecule has 2 aromatic heterocycles. The standard InChI is InChI=1S/C15H20ClF2N5O/c1-5-22-9(2)11(6-19-22)7-21(4)12(24)8-23-10(3)13(16)14(20-23)15(17)18/h6,15H,5,7-8H2,1-4H3. The Bertz CT molecular complexity index is 741. The summed E-state index contributed by atoms with van der Waals surface area (Å²) in [4.78, 5) is 13.9. The number of hydrogen-bond acceptors (Lipinski definition) is 3. The van der Waals surface area contributed by atoms with Gasteiger partial charge in [0, 0.05) is 31.4 Å². The van der Waals surface area contributed by atoms with E-state index in [1.54, 1.807) is 20.2 Å². The fourth-order valence-electron chi connectivity index (χ4n) is 2.39. The molecule has 0 aromatic carbocycles. The number of aryl methyl sites for hydroxylation is 1. The molecule has 1 amide bonds. The Morgan fingerprint density at radius 1 is 1.33 bits per heavy atom. The monoisotopic (exact) mass is 359 g/mol. The van der Waals surface area contributed by atoms with E-state index in [1.807, 2.05) is 18.5 Å². The lowest BCUT2D eigenvalue weighted by Crippen LogP contribution is -2.30. The number of aromatic nitrogens is 4. The number of halogens is 3. The van der Waals surface area contributed by atoms with E-state index in [4.69, 9.17) is 11.6 Å². The molecule has 0 unspecified atom stereocenters. The molecule has 0 aliphatic heterocycles. The van der Waals surface area contributed by atoms with Gasteiger partial charge in [-0.3, -0.25) is 14.2 Å². The maximum Gasteiger partial charge on any atom is 0.283 e. The smallest absolute Gasteiger partial charge is 0.283 e. The Kier molecular flexibility index (Phi) is 5.58. The third-order valence-corrected chi connectivity index (χ3v) is 4.45. The van der Waals surface area contributed by atoms with Gasteiger partial charge in [0.1, 0.15) is 12.2 Å². The Morgan fingerprint density at radius 2 is 2.00 bits per heavy atom. The molecule has 0 N–H and O–H groups in total. The van der Waals surface area contributed by atoms with Gasteiger partial charge in [-0.15, -0.1) is 0 Å². The Labute approximate surface area is 144 Å². The Balaban J connectivity index is 2.09. The molecule has 2 heterocycles. The number of rotatable bonds is 6. The SMILES string of the molecule is CCn1ncc(CN(C)C(=O)Cn2nc(C(F)F)c(Cl)c2C)c1C. The maximum atomic E-state index is 12.8. The molecule has 0 saturated heterocycles. The summed E-state index contributed by atoms with van der Waals surface area (Å²) in [6, 6.07) is 0. The van der Waals surface area contributed by atoms with Gasteiger partial charge in [0.2, 0.25) is 5.91 Å². The zero-order valence-corrected chi connectivity index (χ0v) is 14.8. The number of likely N-dealkylation sites (N-methyl/N-ethyl adjacent to an activating group) is 1. The first kappa shape index (κ1) is 18.4. The first-order valence-electron chi connectivity index (χ1n) is 7.52. The second kappa shape index (κ2) is 7.29. The van der Waals surface area contributed by atoms with Crippen molar-refractivity contribution in [1.82, 2.24) is 24.5 Å². The van der Waals surface area contributed by atoms with Crippen molar-refractivity contribution in [3.8, 4) is 0 Å². The summed E-state index contributed by atoms with van der Waals surface area (Å²) in [5.74, 6) is -0.248. The van der Waals surface area contributed by atoms with Gasteiger partial charge >= 0.3 is 0 Å². The van der Waals surface area contributed by atoms with E-state index in [0.717, 1.165) is 17.8 Å². The van der Waals surface area contributed by atoms with Gasteiger partial charge in [0.25, 0.3) is 6.43 Å². The van der Waals surface area contributed by atoms with E-state index in [0.29, 0.717) is 12.2 Å². The fraction of sp³-hybridized carbons (Fsp3) is 0.533. The number of carbonyl (C=O) groups is 1. The topological polar surface area (TPSA) is 56.0 Å². The lowest BCUT2D eigenvalue weighted by molar-refractivity contribution is -0.131. The van der Waals surface area contributed by atoms with E-state index < -0.39 is 12.1 Å². The molecule has 0 fully saturated rings. The predicted octanol–water partition coefficient (Wildman–Crippen LogP) is 2.97. The molecule has 0 spiro atoms. The zero-order valence-electron chi connectivity index (χ0n) is 14.1. The summed E-state index contributed by atoms with van der Waals surface area (Å²) in [7, 11) is 1.65. The number of alkyl halides is 2. The highest BCUT2D eigenvalue weighted by atomic mass is 35.5. The van der Waals surface area contributed by atoms with Crippen LogP contribution >= 0.6 is 11.6 Å². The zero-order chi connectivity index (χ0) is 18.0. The highest BCUT2D eigenvalue weighted by molar-refractivity contribution is 6.31. The van der Waals surface area contributed by atoms with Crippen molar-refractivity contribution < 1.29 is 13.6 Å². The fourth-order valence-corrected chi connectivity index (χ4v) is 2.61. The summed E-state index contributed by atoms with van der Waals surface area (Å²) in [6.07, 6.45) is -1.04. The molecule has 2 rings (SSSR count). The van der Waals surface area contributed by atoms with Crippen molar-refractivity contribution in [2.45, 2.75) is 46.8 Å². The van der Waals surface area contributed by atoms with Crippen LogP contribution in [0.15, 0.2) is 6.20 Å². The second-order valence-electron chi connectivity index (χ2n) is 5.56. The summed E-state index contributed by atoms with van der Waals surface area (Å²) < 4.78 is 28.7. The van der Waals surface area contributed by atoms with Crippen molar-refractivity contribution in [3.05, 3.63) is 33.9 Å². The van der Waals surface area contributed by atoms with Crippen LogP contribution in [0.1, 0.15) is 36.0 Å². The molecule has 2 aromatic rings. The summed E-state index contributed by atoms with van der Waals surface area (Å²) in [5.41, 5.74) is 1.79. The van der Waals surface area contributed by atoms with Gasteiger partial charge < -0.3 is 4.90 Å². The normalized spacial score (nSPS) is 11.3. The first-order valence-corrected chi connectivity index (χ1v) is 7.90. The number of amides is 1. The van der Waals surface area contributed by atoms with Crippen LogP contribution in [-0.2, 0) is 24.4 Å². The van der Waals surface area contributed by atoms with E-state index in [9.17, 15) is 13.6 Å². The largest absolute Gasteiger partial charge is 0.340 e. The average molecular weight is 360 g/mol. The maximum absolute atomic E-state index is 12.8. The third-order valence-electron chi connectivity index (χ3n) is 3.99. The minimum absolute atomic E-state index is 0.0967. The molecular formula is C15H20ClF2N5O. The van der Waals surface area contributed by atoms with Gasteiger partial charge in [-0.1, -0.05) is 11.6 Å². The molecule has 9 heteroatoms. The lowest BCUT2D eigenvalue weighted by Gasteiger charge is -2.17. The van der Waals surface area contributed by atoms with Crippen molar-refractivity contribution in [3.63, 3.8) is 0 Å². The van der Waals surface area contributed by atoms with Gasteiger partial charge in [0.15, 0.2) is 0 Å². The Hall–Kier alpha value is -1.96. The molecule has 0 radical (unpaired) electrons. The van der Waals surface area contributed by atoms with Crippen LogP contribution < -0.4 is 0 Å². The van der Waals surface area contributed by atoms with Crippen LogP contribution in [0.3, 0.4) is 0 Å². The number of carbonyl (C=O) groups excluding carboxylic acids is 1. The minimum atomic E-state index is -2.77. The highest BCUT2D eigenvalue weighted by Gasteiger charge is 2.22. The highest BCUT2D eigenvalue weighted by Crippen LogP contribution is 2.28.